The van der Waals surface area contributed by atoms with Gasteiger partial charge >= 0.3 is 0 Å². The van der Waals surface area contributed by atoms with E-state index < -0.39 is 0 Å². The molecule has 9 heteroatoms. The molecule has 2 heterocycles. The highest BCUT2D eigenvalue weighted by Crippen LogP contribution is 2.30. The van der Waals surface area contributed by atoms with Crippen LogP contribution in [0, 0.1) is 6.92 Å². The number of halogens is 1. The molecule has 0 unspecified atom stereocenters. The average molecular weight is 491 g/mol. The largest absolute Gasteiger partial charge is 0.495 e. The number of para-hydroxylation sites is 2. The summed E-state index contributed by atoms with van der Waals surface area (Å²) in [5.74, 6) is 1.75. The highest BCUT2D eigenvalue weighted by atomic mass is 35.5. The van der Waals surface area contributed by atoms with Crippen molar-refractivity contribution in [3.05, 3.63) is 93.6 Å². The Balaban J connectivity index is 1.55. The fourth-order valence-electron chi connectivity index (χ4n) is 3.51. The predicted octanol–water partition coefficient (Wildman–Crippen LogP) is 5.70. The zero-order valence-electron chi connectivity index (χ0n) is 18.4. The van der Waals surface area contributed by atoms with E-state index in [0.29, 0.717) is 50.1 Å². The zero-order chi connectivity index (χ0) is 23.7. The molecule has 5 aromatic rings. The monoisotopic (exact) mass is 490 g/mol. The Bertz CT molecular complexity index is 1550. The summed E-state index contributed by atoms with van der Waals surface area (Å²) < 4.78 is 12.9. The molecule has 3 aromatic carbocycles. The molecule has 0 saturated carbocycles. The number of hydrogen-bond acceptors (Lipinski definition) is 7. The second kappa shape index (κ2) is 9.32. The highest BCUT2D eigenvalue weighted by molar-refractivity contribution is 7.98. The molecule has 0 spiro atoms. The SMILES string of the molecule is COc1ccccc1-n1c(SCc2nnc(-c3ccc(C)cc3)o2)nc2cc(Cl)ccc2c1=O. The maximum atomic E-state index is 13.5. The standard InChI is InChI=1S/C25H19ClN4O3S/c1-15-7-9-16(10-8-15)23-29-28-22(33-23)14-34-25-27-19-13-17(26)11-12-18(19)24(31)30(25)20-5-3-4-6-21(20)32-2/h3-13H,14H2,1-2H3. The molecule has 0 bridgehead atoms. The van der Waals surface area contributed by atoms with Gasteiger partial charge in [0.15, 0.2) is 5.16 Å². The van der Waals surface area contributed by atoms with E-state index in [2.05, 4.69) is 10.2 Å². The molecule has 0 radical (unpaired) electrons. The van der Waals surface area contributed by atoms with E-state index in [0.717, 1.165) is 11.1 Å². The Kier molecular flexibility index (Phi) is 6.08. The summed E-state index contributed by atoms with van der Waals surface area (Å²) in [5, 5.41) is 9.75. The summed E-state index contributed by atoms with van der Waals surface area (Å²) in [6.07, 6.45) is 0. The number of methoxy groups -OCH3 is 1. The van der Waals surface area contributed by atoms with Gasteiger partial charge in [0.2, 0.25) is 11.8 Å². The lowest BCUT2D eigenvalue weighted by molar-refractivity contribution is 0.411. The minimum absolute atomic E-state index is 0.223. The summed E-state index contributed by atoms with van der Waals surface area (Å²) in [5.41, 5.74) is 2.87. The van der Waals surface area contributed by atoms with Crippen LogP contribution in [-0.2, 0) is 5.75 Å². The van der Waals surface area contributed by atoms with Crippen LogP contribution in [0.1, 0.15) is 11.5 Å². The lowest BCUT2D eigenvalue weighted by Crippen LogP contribution is -2.22. The van der Waals surface area contributed by atoms with Gasteiger partial charge in [0.25, 0.3) is 5.56 Å². The van der Waals surface area contributed by atoms with E-state index in [4.69, 9.17) is 25.7 Å². The number of rotatable bonds is 6. The van der Waals surface area contributed by atoms with Crippen LogP contribution in [0.3, 0.4) is 0 Å². The molecule has 34 heavy (non-hydrogen) atoms. The number of ether oxygens (including phenoxy) is 1. The number of aromatic nitrogens is 4. The van der Waals surface area contributed by atoms with Crippen molar-refractivity contribution in [2.24, 2.45) is 0 Å². The van der Waals surface area contributed by atoms with Crippen molar-refractivity contribution in [1.29, 1.82) is 0 Å². The molecule has 0 N–H and O–H groups in total. The third kappa shape index (κ3) is 4.30. The topological polar surface area (TPSA) is 83.0 Å². The van der Waals surface area contributed by atoms with E-state index >= 15 is 0 Å². The van der Waals surface area contributed by atoms with E-state index in [1.54, 1.807) is 31.4 Å². The van der Waals surface area contributed by atoms with Crippen LogP contribution in [-0.4, -0.2) is 26.9 Å². The van der Waals surface area contributed by atoms with Gasteiger partial charge in [-0.2, -0.15) is 0 Å². The molecule has 0 amide bonds. The molecule has 0 aliphatic carbocycles. The smallest absolute Gasteiger partial charge is 0.266 e. The van der Waals surface area contributed by atoms with E-state index in [1.165, 1.54) is 16.3 Å². The number of aryl methyl sites for hydroxylation is 1. The molecule has 0 aliphatic heterocycles. The van der Waals surface area contributed by atoms with Gasteiger partial charge in [0, 0.05) is 10.6 Å². The van der Waals surface area contributed by atoms with Crippen LogP contribution >= 0.6 is 23.4 Å². The second-order valence-electron chi connectivity index (χ2n) is 7.52. The van der Waals surface area contributed by atoms with Crippen molar-refractivity contribution in [3.63, 3.8) is 0 Å². The van der Waals surface area contributed by atoms with Crippen molar-refractivity contribution in [2.45, 2.75) is 17.8 Å². The van der Waals surface area contributed by atoms with Crippen LogP contribution in [0.25, 0.3) is 28.0 Å². The third-order valence-electron chi connectivity index (χ3n) is 5.22. The van der Waals surface area contributed by atoms with Crippen LogP contribution in [0.15, 0.2) is 81.1 Å². The van der Waals surface area contributed by atoms with Crippen molar-refractivity contribution in [3.8, 4) is 22.9 Å². The Morgan fingerprint density at radius 1 is 1.06 bits per heavy atom. The van der Waals surface area contributed by atoms with Gasteiger partial charge in [0.1, 0.15) is 5.75 Å². The highest BCUT2D eigenvalue weighted by Gasteiger charge is 2.18. The fraction of sp³-hybridized carbons (Fsp3) is 0.120. The van der Waals surface area contributed by atoms with Gasteiger partial charge < -0.3 is 9.15 Å². The lowest BCUT2D eigenvalue weighted by atomic mass is 10.1. The van der Waals surface area contributed by atoms with Crippen molar-refractivity contribution in [2.75, 3.05) is 7.11 Å². The first-order valence-electron chi connectivity index (χ1n) is 10.4. The van der Waals surface area contributed by atoms with Gasteiger partial charge in [-0.05, 0) is 49.4 Å². The van der Waals surface area contributed by atoms with Gasteiger partial charge in [-0.3, -0.25) is 9.36 Å². The van der Waals surface area contributed by atoms with E-state index in [1.807, 2.05) is 49.4 Å². The van der Waals surface area contributed by atoms with E-state index in [-0.39, 0.29) is 5.56 Å². The molecule has 170 valence electrons. The lowest BCUT2D eigenvalue weighted by Gasteiger charge is -2.15. The Morgan fingerprint density at radius 3 is 2.65 bits per heavy atom. The van der Waals surface area contributed by atoms with Crippen molar-refractivity contribution < 1.29 is 9.15 Å². The summed E-state index contributed by atoms with van der Waals surface area (Å²) in [6, 6.07) is 20.2. The predicted molar refractivity (Wildman–Crippen MR) is 133 cm³/mol. The normalized spacial score (nSPS) is 11.1. The Labute approximate surface area is 204 Å². The van der Waals surface area contributed by atoms with Crippen LogP contribution in [0.5, 0.6) is 5.75 Å². The second-order valence-corrected chi connectivity index (χ2v) is 8.90. The number of nitrogens with zero attached hydrogens (tertiary/aromatic N) is 4. The van der Waals surface area contributed by atoms with Crippen molar-refractivity contribution in [1.82, 2.24) is 19.7 Å². The van der Waals surface area contributed by atoms with Crippen LogP contribution < -0.4 is 10.3 Å². The molecule has 2 aromatic heterocycles. The third-order valence-corrected chi connectivity index (χ3v) is 6.38. The number of hydrogen-bond donors (Lipinski definition) is 0. The van der Waals surface area contributed by atoms with Gasteiger partial charge in [0.05, 0.1) is 29.5 Å². The van der Waals surface area contributed by atoms with Crippen LogP contribution in [0.2, 0.25) is 5.02 Å². The average Bonchev–Trinajstić information content (AvgIpc) is 3.32. The molecule has 5 rings (SSSR count). The molecule has 0 saturated heterocycles. The number of thioether (sulfide) groups is 1. The first-order valence-corrected chi connectivity index (χ1v) is 11.8. The first kappa shape index (κ1) is 22.2. The molecule has 0 fully saturated rings. The summed E-state index contributed by atoms with van der Waals surface area (Å²) >= 11 is 7.48. The van der Waals surface area contributed by atoms with Gasteiger partial charge in [-0.1, -0.05) is 53.2 Å². The summed E-state index contributed by atoms with van der Waals surface area (Å²) in [4.78, 5) is 18.3. The van der Waals surface area contributed by atoms with Crippen molar-refractivity contribution >= 4 is 34.3 Å². The summed E-state index contributed by atoms with van der Waals surface area (Å²) in [6.45, 7) is 2.02. The van der Waals surface area contributed by atoms with Gasteiger partial charge in [-0.15, -0.1) is 10.2 Å². The van der Waals surface area contributed by atoms with Crippen LogP contribution in [0.4, 0.5) is 0 Å². The molecule has 0 atom stereocenters. The Hall–Kier alpha value is -3.62. The quantitative estimate of drug-likeness (QED) is 0.223. The Morgan fingerprint density at radius 2 is 1.85 bits per heavy atom. The maximum Gasteiger partial charge on any atom is 0.266 e. The van der Waals surface area contributed by atoms with E-state index in [9.17, 15) is 4.79 Å². The zero-order valence-corrected chi connectivity index (χ0v) is 19.9. The minimum Gasteiger partial charge on any atom is -0.495 e. The maximum absolute atomic E-state index is 13.5. The molecular formula is C25H19ClN4O3S. The molecule has 0 aliphatic rings. The summed E-state index contributed by atoms with van der Waals surface area (Å²) in [7, 11) is 1.57. The minimum atomic E-state index is -0.223. The fourth-order valence-corrected chi connectivity index (χ4v) is 4.52. The number of benzene rings is 3. The molecular weight excluding hydrogens is 472 g/mol. The van der Waals surface area contributed by atoms with Gasteiger partial charge in [-0.25, -0.2) is 4.98 Å². The number of fused-ring (bicyclic) bond motifs is 1. The molecule has 7 nitrogen and oxygen atoms in total. The first-order chi connectivity index (χ1) is 16.5.